The summed E-state index contributed by atoms with van der Waals surface area (Å²) in [6.07, 6.45) is -3.74. The smallest absolute Gasteiger partial charge is 0.421 e. The number of rotatable bonds is 6. The van der Waals surface area contributed by atoms with E-state index < -0.39 is 11.7 Å². The molecular formula is C22H23F3N4O. The number of aryl methyl sites for hydroxylation is 1. The summed E-state index contributed by atoms with van der Waals surface area (Å²) in [5.41, 5.74) is 1.33. The quantitative estimate of drug-likeness (QED) is 0.526. The average Bonchev–Trinajstić information content (AvgIpc) is 2.68. The summed E-state index contributed by atoms with van der Waals surface area (Å²) in [6, 6.07) is 14.2. The molecule has 0 atom stereocenters. The van der Waals surface area contributed by atoms with Crippen LogP contribution < -0.4 is 15.0 Å². The number of aromatic nitrogens is 2. The number of benzene rings is 2. The van der Waals surface area contributed by atoms with Crippen LogP contribution in [0.5, 0.6) is 5.75 Å². The van der Waals surface area contributed by atoms with E-state index in [1.165, 1.54) is 4.90 Å². The lowest BCUT2D eigenvalue weighted by Gasteiger charge is -2.23. The van der Waals surface area contributed by atoms with Gasteiger partial charge in [-0.15, -0.1) is 0 Å². The lowest BCUT2D eigenvalue weighted by Crippen LogP contribution is -2.19. The van der Waals surface area contributed by atoms with Crippen LogP contribution in [-0.4, -0.2) is 23.1 Å². The fourth-order valence-electron chi connectivity index (χ4n) is 2.80. The van der Waals surface area contributed by atoms with Crippen molar-refractivity contribution in [2.75, 3.05) is 17.3 Å². The molecule has 1 heterocycles. The van der Waals surface area contributed by atoms with Crippen molar-refractivity contribution < 1.29 is 17.9 Å². The molecule has 0 fully saturated rings. The van der Waals surface area contributed by atoms with Crippen LogP contribution in [0.25, 0.3) is 0 Å². The number of hydrogen-bond acceptors (Lipinski definition) is 5. The van der Waals surface area contributed by atoms with E-state index in [1.807, 2.05) is 32.9 Å². The molecule has 0 saturated carbocycles. The molecule has 0 aliphatic carbocycles. The summed E-state index contributed by atoms with van der Waals surface area (Å²) in [5, 5.41) is 2.95. The Morgan fingerprint density at radius 2 is 1.63 bits per heavy atom. The van der Waals surface area contributed by atoms with Crippen LogP contribution in [0.2, 0.25) is 0 Å². The molecule has 0 bridgehead atoms. The van der Waals surface area contributed by atoms with Crippen LogP contribution in [0.1, 0.15) is 25.0 Å². The van der Waals surface area contributed by atoms with Gasteiger partial charge in [0.1, 0.15) is 11.3 Å². The largest absolute Gasteiger partial charge is 0.491 e. The third-order valence-corrected chi connectivity index (χ3v) is 4.30. The van der Waals surface area contributed by atoms with E-state index in [0.29, 0.717) is 17.1 Å². The summed E-state index contributed by atoms with van der Waals surface area (Å²) < 4.78 is 46.3. The van der Waals surface area contributed by atoms with E-state index >= 15 is 0 Å². The van der Waals surface area contributed by atoms with Gasteiger partial charge >= 0.3 is 6.18 Å². The number of halogens is 3. The highest BCUT2D eigenvalue weighted by molar-refractivity contribution is 5.65. The van der Waals surface area contributed by atoms with Crippen molar-refractivity contribution >= 4 is 23.1 Å². The van der Waals surface area contributed by atoms with E-state index in [-0.39, 0.29) is 17.9 Å². The van der Waals surface area contributed by atoms with Crippen molar-refractivity contribution in [3.05, 3.63) is 65.9 Å². The lowest BCUT2D eigenvalue weighted by atomic mass is 10.2. The van der Waals surface area contributed by atoms with Gasteiger partial charge in [-0.05, 0) is 57.2 Å². The number of nitrogens with zero attached hydrogens (tertiary/aromatic N) is 3. The van der Waals surface area contributed by atoms with E-state index in [9.17, 15) is 13.2 Å². The minimum absolute atomic E-state index is 0.0434. The molecule has 0 saturated heterocycles. The molecule has 0 radical (unpaired) electrons. The first-order valence-corrected chi connectivity index (χ1v) is 9.42. The van der Waals surface area contributed by atoms with Crippen LogP contribution in [0.15, 0.2) is 54.7 Å². The Hall–Kier alpha value is -3.29. The first kappa shape index (κ1) is 21.4. The molecule has 8 heteroatoms. The highest BCUT2D eigenvalue weighted by atomic mass is 19.4. The molecule has 3 aromatic rings. The zero-order valence-corrected chi connectivity index (χ0v) is 17.2. The summed E-state index contributed by atoms with van der Waals surface area (Å²) in [6.45, 7) is 5.76. The van der Waals surface area contributed by atoms with E-state index in [1.54, 1.807) is 43.4 Å². The molecule has 3 rings (SSSR count). The number of nitrogens with one attached hydrogen (secondary N) is 1. The van der Waals surface area contributed by atoms with Crippen molar-refractivity contribution in [1.29, 1.82) is 0 Å². The van der Waals surface area contributed by atoms with Crippen molar-refractivity contribution in [2.45, 2.75) is 33.1 Å². The van der Waals surface area contributed by atoms with Gasteiger partial charge in [0.25, 0.3) is 0 Å². The maximum Gasteiger partial charge on any atom is 0.421 e. The molecule has 0 amide bonds. The molecule has 0 unspecified atom stereocenters. The summed E-state index contributed by atoms with van der Waals surface area (Å²) >= 11 is 0. The molecule has 30 heavy (non-hydrogen) atoms. The minimum Gasteiger partial charge on any atom is -0.491 e. The molecule has 2 aromatic carbocycles. The summed E-state index contributed by atoms with van der Waals surface area (Å²) in [4.78, 5) is 9.42. The van der Waals surface area contributed by atoms with Crippen molar-refractivity contribution in [1.82, 2.24) is 9.97 Å². The predicted octanol–water partition coefficient (Wildman–Crippen LogP) is 6.10. The first-order chi connectivity index (χ1) is 14.1. The second kappa shape index (κ2) is 8.61. The highest BCUT2D eigenvalue weighted by Gasteiger charge is 2.36. The summed E-state index contributed by atoms with van der Waals surface area (Å²) in [5.74, 6) is 0.529. The zero-order valence-electron chi connectivity index (χ0n) is 17.2. The summed E-state index contributed by atoms with van der Waals surface area (Å²) in [7, 11) is 1.55. The Morgan fingerprint density at radius 1 is 1.00 bits per heavy atom. The maximum atomic E-state index is 13.6. The second-order valence-corrected chi connectivity index (χ2v) is 7.14. The second-order valence-electron chi connectivity index (χ2n) is 7.14. The van der Waals surface area contributed by atoms with E-state index in [0.717, 1.165) is 11.8 Å². The van der Waals surface area contributed by atoms with Gasteiger partial charge in [-0.3, -0.25) is 0 Å². The zero-order chi connectivity index (χ0) is 21.9. The number of alkyl halides is 3. The fraction of sp³-hybridized carbons (Fsp3) is 0.273. The Balaban J connectivity index is 1.91. The Bertz CT molecular complexity index is 987. The van der Waals surface area contributed by atoms with E-state index in [2.05, 4.69) is 15.3 Å². The van der Waals surface area contributed by atoms with Gasteiger partial charge in [-0.2, -0.15) is 18.2 Å². The Labute approximate surface area is 173 Å². The monoisotopic (exact) mass is 416 g/mol. The standard InChI is InChI=1S/C22H23F3N4O/c1-14(2)30-18-11-7-16(8-12-18)27-21-26-13-19(22(23,24)25)20(28-21)29(4)17-9-5-15(3)6-10-17/h5-14H,1-4H3,(H,26,27,28). The maximum absolute atomic E-state index is 13.6. The van der Waals surface area contributed by atoms with Gasteiger partial charge in [0.05, 0.1) is 6.10 Å². The topological polar surface area (TPSA) is 50.3 Å². The molecule has 0 aliphatic rings. The number of anilines is 4. The van der Waals surface area contributed by atoms with Crippen molar-refractivity contribution in [3.63, 3.8) is 0 Å². The van der Waals surface area contributed by atoms with Crippen molar-refractivity contribution in [3.8, 4) is 5.75 Å². The van der Waals surface area contributed by atoms with Gasteiger partial charge in [0, 0.05) is 24.6 Å². The van der Waals surface area contributed by atoms with Crippen molar-refractivity contribution in [2.24, 2.45) is 0 Å². The molecule has 1 N–H and O–H groups in total. The van der Waals surface area contributed by atoms with Crippen LogP contribution >= 0.6 is 0 Å². The Morgan fingerprint density at radius 3 is 2.20 bits per heavy atom. The first-order valence-electron chi connectivity index (χ1n) is 9.42. The number of ether oxygens (including phenoxy) is 1. The average molecular weight is 416 g/mol. The number of hydrogen-bond donors (Lipinski definition) is 1. The van der Waals surface area contributed by atoms with E-state index in [4.69, 9.17) is 4.74 Å². The molecular weight excluding hydrogens is 393 g/mol. The Kier molecular flexibility index (Phi) is 6.14. The molecule has 158 valence electrons. The lowest BCUT2D eigenvalue weighted by molar-refractivity contribution is -0.137. The molecule has 5 nitrogen and oxygen atoms in total. The predicted molar refractivity (Wildman–Crippen MR) is 112 cm³/mol. The molecule has 0 aliphatic heterocycles. The SMILES string of the molecule is Cc1ccc(N(C)c2nc(Nc3ccc(OC(C)C)cc3)ncc2C(F)(F)F)cc1. The van der Waals surface area contributed by atoms with Crippen LogP contribution in [-0.2, 0) is 6.18 Å². The van der Waals surface area contributed by atoms with Gasteiger partial charge in [-0.25, -0.2) is 4.98 Å². The normalized spacial score (nSPS) is 11.5. The molecule has 1 aromatic heterocycles. The van der Waals surface area contributed by atoms with Crippen LogP contribution in [0.3, 0.4) is 0 Å². The molecule has 0 spiro atoms. The van der Waals surface area contributed by atoms with Crippen LogP contribution in [0.4, 0.5) is 36.3 Å². The highest BCUT2D eigenvalue weighted by Crippen LogP contribution is 2.37. The van der Waals surface area contributed by atoms with Gasteiger partial charge in [-0.1, -0.05) is 17.7 Å². The van der Waals surface area contributed by atoms with Crippen LogP contribution in [0, 0.1) is 6.92 Å². The van der Waals surface area contributed by atoms with Gasteiger partial charge in [0.15, 0.2) is 5.82 Å². The third kappa shape index (κ3) is 5.20. The van der Waals surface area contributed by atoms with Gasteiger partial charge < -0.3 is 15.0 Å². The fourth-order valence-corrected chi connectivity index (χ4v) is 2.80. The minimum atomic E-state index is -4.58. The third-order valence-electron chi connectivity index (χ3n) is 4.30. The van der Waals surface area contributed by atoms with Gasteiger partial charge in [0.2, 0.25) is 5.95 Å².